The van der Waals surface area contributed by atoms with E-state index < -0.39 is 0 Å². The predicted molar refractivity (Wildman–Crippen MR) is 81.9 cm³/mol. The van der Waals surface area contributed by atoms with Crippen LogP contribution in [0.25, 0.3) is 0 Å². The van der Waals surface area contributed by atoms with Gasteiger partial charge in [-0.2, -0.15) is 0 Å². The number of nitrogens with one attached hydrogen (secondary N) is 1. The van der Waals surface area contributed by atoms with E-state index in [2.05, 4.69) is 41.3 Å². The van der Waals surface area contributed by atoms with Gasteiger partial charge in [0.15, 0.2) is 0 Å². The molecule has 2 rings (SSSR count). The zero-order valence-corrected chi connectivity index (χ0v) is 13.5. The van der Waals surface area contributed by atoms with E-state index in [4.69, 9.17) is 4.42 Å². The minimum Gasteiger partial charge on any atom is -0.468 e. The van der Waals surface area contributed by atoms with Crippen molar-refractivity contribution in [3.05, 3.63) is 36.0 Å². The Balaban J connectivity index is 1.90. The molecule has 0 aliphatic heterocycles. The van der Waals surface area contributed by atoms with Crippen molar-refractivity contribution in [1.82, 2.24) is 25.2 Å². The van der Waals surface area contributed by atoms with Crippen LogP contribution in [0.15, 0.2) is 29.0 Å². The molecule has 6 heteroatoms. The van der Waals surface area contributed by atoms with Gasteiger partial charge in [-0.15, -0.1) is 5.10 Å². The minimum atomic E-state index is -0.0361. The van der Waals surface area contributed by atoms with E-state index in [0.29, 0.717) is 6.54 Å². The van der Waals surface area contributed by atoms with Gasteiger partial charge in [-0.1, -0.05) is 5.21 Å². The van der Waals surface area contributed by atoms with Crippen molar-refractivity contribution in [3.8, 4) is 0 Å². The van der Waals surface area contributed by atoms with E-state index in [-0.39, 0.29) is 11.6 Å². The molecule has 0 aliphatic rings. The molecule has 116 valence electrons. The van der Waals surface area contributed by atoms with Crippen molar-refractivity contribution in [2.75, 3.05) is 20.6 Å². The molecule has 1 atom stereocenters. The lowest BCUT2D eigenvalue weighted by atomic mass is 10.1. The lowest BCUT2D eigenvalue weighted by Gasteiger charge is -2.22. The van der Waals surface area contributed by atoms with E-state index in [9.17, 15) is 0 Å². The first-order valence-electron chi connectivity index (χ1n) is 7.20. The van der Waals surface area contributed by atoms with Crippen LogP contribution in [0.5, 0.6) is 0 Å². The van der Waals surface area contributed by atoms with E-state index in [1.165, 1.54) is 0 Å². The Morgan fingerprint density at radius 2 is 2.14 bits per heavy atom. The third-order valence-electron chi connectivity index (χ3n) is 3.37. The van der Waals surface area contributed by atoms with Crippen molar-refractivity contribution < 1.29 is 4.42 Å². The van der Waals surface area contributed by atoms with E-state index in [1.807, 2.05) is 37.1 Å². The van der Waals surface area contributed by atoms with Gasteiger partial charge in [0.1, 0.15) is 5.76 Å². The van der Waals surface area contributed by atoms with Gasteiger partial charge in [0.2, 0.25) is 0 Å². The summed E-state index contributed by atoms with van der Waals surface area (Å²) in [6, 6.07) is 4.13. The van der Waals surface area contributed by atoms with Crippen molar-refractivity contribution in [1.29, 1.82) is 0 Å². The van der Waals surface area contributed by atoms with E-state index in [1.54, 1.807) is 6.26 Å². The quantitative estimate of drug-likeness (QED) is 0.882. The maximum absolute atomic E-state index is 5.49. The number of hydrogen-bond acceptors (Lipinski definition) is 5. The molecule has 0 fully saturated rings. The molecule has 0 bridgehead atoms. The molecule has 1 unspecified atom stereocenters. The molecular formula is C15H25N5O. The van der Waals surface area contributed by atoms with Crippen LogP contribution in [-0.4, -0.2) is 40.5 Å². The Labute approximate surface area is 126 Å². The summed E-state index contributed by atoms with van der Waals surface area (Å²) in [5.74, 6) is 0.964. The molecule has 2 aromatic rings. The summed E-state index contributed by atoms with van der Waals surface area (Å²) in [6.07, 6.45) is 3.70. The average Bonchev–Trinajstić information content (AvgIpc) is 3.04. The van der Waals surface area contributed by atoms with Crippen LogP contribution < -0.4 is 5.32 Å². The van der Waals surface area contributed by atoms with Crippen LogP contribution in [0.2, 0.25) is 0 Å². The van der Waals surface area contributed by atoms with Gasteiger partial charge in [0.05, 0.1) is 29.7 Å². The van der Waals surface area contributed by atoms with Crippen molar-refractivity contribution >= 4 is 0 Å². The maximum atomic E-state index is 5.49. The van der Waals surface area contributed by atoms with Gasteiger partial charge < -0.3 is 9.73 Å². The van der Waals surface area contributed by atoms with Crippen LogP contribution in [0.3, 0.4) is 0 Å². The Hall–Kier alpha value is -1.66. The van der Waals surface area contributed by atoms with Gasteiger partial charge in [0, 0.05) is 13.1 Å². The predicted octanol–water partition coefficient (Wildman–Crippen LogP) is 2.02. The summed E-state index contributed by atoms with van der Waals surface area (Å²) in [4.78, 5) is 2.14. The minimum absolute atomic E-state index is 0.0361. The summed E-state index contributed by atoms with van der Waals surface area (Å²) >= 11 is 0. The summed E-state index contributed by atoms with van der Waals surface area (Å²) in [7, 11) is 4.09. The molecule has 0 aromatic carbocycles. The molecule has 0 radical (unpaired) electrons. The number of hydrogen-bond donors (Lipinski definition) is 1. The third kappa shape index (κ3) is 4.15. The molecule has 0 aliphatic carbocycles. The standard InChI is InChI=1S/C15H25N5O/c1-15(2,3)20-11-12(17-18-20)9-16-10-13(19(4)5)14-7-6-8-21-14/h6-8,11,13,16H,9-10H2,1-5H3. The van der Waals surface area contributed by atoms with Crippen molar-refractivity contribution in [3.63, 3.8) is 0 Å². The average molecular weight is 291 g/mol. The van der Waals surface area contributed by atoms with Gasteiger partial charge in [-0.3, -0.25) is 4.90 Å². The SMILES string of the molecule is CN(C)C(CNCc1cn(C(C)(C)C)nn1)c1ccco1. The molecule has 0 amide bonds. The number of nitrogens with zero attached hydrogens (tertiary/aromatic N) is 4. The largest absolute Gasteiger partial charge is 0.468 e. The monoisotopic (exact) mass is 291 g/mol. The molecule has 6 nitrogen and oxygen atoms in total. The zero-order chi connectivity index (χ0) is 15.5. The Kier molecular flexibility index (Phi) is 4.80. The van der Waals surface area contributed by atoms with Crippen LogP contribution in [0.1, 0.15) is 38.3 Å². The van der Waals surface area contributed by atoms with E-state index in [0.717, 1.165) is 18.0 Å². The second-order valence-corrected chi connectivity index (χ2v) is 6.45. The van der Waals surface area contributed by atoms with Crippen LogP contribution in [0, 0.1) is 0 Å². The second-order valence-electron chi connectivity index (χ2n) is 6.45. The van der Waals surface area contributed by atoms with Gasteiger partial charge in [-0.05, 0) is 47.0 Å². The maximum Gasteiger partial charge on any atom is 0.122 e. The Morgan fingerprint density at radius 3 is 2.67 bits per heavy atom. The smallest absolute Gasteiger partial charge is 0.122 e. The molecule has 0 saturated heterocycles. The molecule has 2 heterocycles. The van der Waals surface area contributed by atoms with Crippen LogP contribution in [-0.2, 0) is 12.1 Å². The second kappa shape index (κ2) is 6.41. The van der Waals surface area contributed by atoms with Gasteiger partial charge in [0.25, 0.3) is 0 Å². The Morgan fingerprint density at radius 1 is 1.38 bits per heavy atom. The third-order valence-corrected chi connectivity index (χ3v) is 3.37. The fraction of sp³-hybridized carbons (Fsp3) is 0.600. The topological polar surface area (TPSA) is 59.1 Å². The molecule has 0 saturated carbocycles. The molecule has 1 N–H and O–H groups in total. The summed E-state index contributed by atoms with van der Waals surface area (Å²) < 4.78 is 7.38. The number of furan rings is 1. The van der Waals surface area contributed by atoms with Crippen molar-refractivity contribution in [2.24, 2.45) is 0 Å². The highest BCUT2D eigenvalue weighted by molar-refractivity contribution is 5.05. The summed E-state index contributed by atoms with van der Waals surface area (Å²) in [6.45, 7) is 7.82. The summed E-state index contributed by atoms with van der Waals surface area (Å²) in [5.41, 5.74) is 0.910. The van der Waals surface area contributed by atoms with E-state index >= 15 is 0 Å². The molecule has 21 heavy (non-hydrogen) atoms. The molecule has 2 aromatic heterocycles. The highest BCUT2D eigenvalue weighted by Crippen LogP contribution is 2.17. The number of rotatable bonds is 6. The lowest BCUT2D eigenvalue weighted by molar-refractivity contribution is 0.250. The van der Waals surface area contributed by atoms with Gasteiger partial charge in [-0.25, -0.2) is 4.68 Å². The fourth-order valence-corrected chi connectivity index (χ4v) is 2.06. The summed E-state index contributed by atoms with van der Waals surface area (Å²) in [5, 5.41) is 11.8. The normalized spacial score (nSPS) is 13.8. The van der Waals surface area contributed by atoms with Gasteiger partial charge >= 0.3 is 0 Å². The van der Waals surface area contributed by atoms with Crippen LogP contribution >= 0.6 is 0 Å². The fourth-order valence-electron chi connectivity index (χ4n) is 2.06. The first-order chi connectivity index (χ1) is 9.88. The zero-order valence-electron chi connectivity index (χ0n) is 13.5. The first-order valence-corrected chi connectivity index (χ1v) is 7.20. The number of likely N-dealkylation sites (N-methyl/N-ethyl adjacent to an activating group) is 1. The highest BCUT2D eigenvalue weighted by Gasteiger charge is 2.17. The lowest BCUT2D eigenvalue weighted by Crippen LogP contribution is -2.30. The van der Waals surface area contributed by atoms with Crippen molar-refractivity contribution in [2.45, 2.75) is 38.9 Å². The Bertz CT molecular complexity index is 539. The first kappa shape index (κ1) is 15.7. The van der Waals surface area contributed by atoms with Crippen LogP contribution in [0.4, 0.5) is 0 Å². The molecular weight excluding hydrogens is 266 g/mol. The molecule has 0 spiro atoms. The highest BCUT2D eigenvalue weighted by atomic mass is 16.3. The number of aromatic nitrogens is 3.